The van der Waals surface area contributed by atoms with E-state index >= 15 is 0 Å². The monoisotopic (exact) mass is 433 g/mol. The van der Waals surface area contributed by atoms with Gasteiger partial charge in [-0.15, -0.1) is 0 Å². The Labute approximate surface area is 175 Å². The number of nitrogens with zero attached hydrogens (tertiary/aromatic N) is 1. The summed E-state index contributed by atoms with van der Waals surface area (Å²) in [5.74, 6) is -1.51. The molecule has 1 unspecified atom stereocenters. The highest BCUT2D eigenvalue weighted by molar-refractivity contribution is 7.89. The Morgan fingerprint density at radius 3 is 2.23 bits per heavy atom. The topological polar surface area (TPSA) is 95.6 Å². The molecule has 0 radical (unpaired) electrons. The van der Waals surface area contributed by atoms with Crippen molar-refractivity contribution in [2.75, 3.05) is 16.8 Å². The van der Waals surface area contributed by atoms with Crippen LogP contribution >= 0.6 is 0 Å². The maximum Gasteiger partial charge on any atom is 0.241 e. The van der Waals surface area contributed by atoms with Gasteiger partial charge in [0, 0.05) is 29.9 Å². The molecule has 2 N–H and O–H groups in total. The first-order valence-corrected chi connectivity index (χ1v) is 10.9. The van der Waals surface area contributed by atoms with Gasteiger partial charge in [-0.25, -0.2) is 17.5 Å². The van der Waals surface area contributed by atoms with Gasteiger partial charge in [0.15, 0.2) is 0 Å². The molecule has 2 aromatic carbocycles. The molecule has 0 aromatic heterocycles. The van der Waals surface area contributed by atoms with Crippen LogP contribution in [0.2, 0.25) is 0 Å². The standard InChI is InChI=1S/C21H24FN3O4S/c1-21(2,3)24-30(28,29)18-10-6-16(7-11-18)23-20(27)14-12-19(26)25(13-14)17-8-4-15(22)5-9-17/h4-11,14,24H,12-13H2,1-3H3,(H,23,27). The van der Waals surface area contributed by atoms with Crippen molar-refractivity contribution in [2.45, 2.75) is 37.6 Å². The van der Waals surface area contributed by atoms with Crippen LogP contribution < -0.4 is 14.9 Å². The van der Waals surface area contributed by atoms with Gasteiger partial charge >= 0.3 is 0 Å². The van der Waals surface area contributed by atoms with Gasteiger partial charge in [0.1, 0.15) is 5.82 Å². The summed E-state index contributed by atoms with van der Waals surface area (Å²) in [6, 6.07) is 11.4. The molecule has 1 heterocycles. The molecular weight excluding hydrogens is 409 g/mol. The molecule has 2 aromatic rings. The molecular formula is C21H24FN3O4S. The van der Waals surface area contributed by atoms with E-state index in [1.807, 2.05) is 0 Å². The fourth-order valence-corrected chi connectivity index (χ4v) is 4.60. The molecule has 0 bridgehead atoms. The molecule has 160 valence electrons. The van der Waals surface area contributed by atoms with E-state index < -0.39 is 27.3 Å². The van der Waals surface area contributed by atoms with E-state index in [1.165, 1.54) is 53.4 Å². The molecule has 9 heteroatoms. The number of carbonyl (C=O) groups is 2. The number of anilines is 2. The SMILES string of the molecule is CC(C)(C)NS(=O)(=O)c1ccc(NC(=O)C2CC(=O)N(c3ccc(F)cc3)C2)cc1. The third-order valence-electron chi connectivity index (χ3n) is 4.51. The number of nitrogens with one attached hydrogen (secondary N) is 2. The number of hydrogen-bond acceptors (Lipinski definition) is 4. The van der Waals surface area contributed by atoms with E-state index in [4.69, 9.17) is 0 Å². The number of amides is 2. The predicted octanol–water partition coefficient (Wildman–Crippen LogP) is 2.89. The average Bonchev–Trinajstić information content (AvgIpc) is 3.03. The highest BCUT2D eigenvalue weighted by atomic mass is 32.2. The predicted molar refractivity (Wildman–Crippen MR) is 112 cm³/mol. The Bertz CT molecular complexity index is 1050. The van der Waals surface area contributed by atoms with E-state index in [0.29, 0.717) is 11.4 Å². The smallest absolute Gasteiger partial charge is 0.241 e. The summed E-state index contributed by atoms with van der Waals surface area (Å²) in [6.07, 6.45) is 0.0468. The van der Waals surface area contributed by atoms with Crippen LogP contribution in [0.1, 0.15) is 27.2 Å². The van der Waals surface area contributed by atoms with Crippen LogP contribution in [-0.4, -0.2) is 32.3 Å². The van der Waals surface area contributed by atoms with Crippen molar-refractivity contribution in [3.8, 4) is 0 Å². The van der Waals surface area contributed by atoms with E-state index in [9.17, 15) is 22.4 Å². The Kier molecular flexibility index (Phi) is 5.96. The molecule has 1 aliphatic heterocycles. The Morgan fingerprint density at radius 2 is 1.67 bits per heavy atom. The minimum atomic E-state index is -3.67. The van der Waals surface area contributed by atoms with Gasteiger partial charge in [-0.3, -0.25) is 9.59 Å². The zero-order valence-corrected chi connectivity index (χ0v) is 17.8. The summed E-state index contributed by atoms with van der Waals surface area (Å²) in [7, 11) is -3.67. The molecule has 30 heavy (non-hydrogen) atoms. The van der Waals surface area contributed by atoms with E-state index in [2.05, 4.69) is 10.0 Å². The maximum atomic E-state index is 13.1. The molecule has 1 atom stereocenters. The van der Waals surface area contributed by atoms with Crippen LogP contribution in [0, 0.1) is 11.7 Å². The second-order valence-electron chi connectivity index (χ2n) is 8.25. The lowest BCUT2D eigenvalue weighted by atomic mass is 10.1. The van der Waals surface area contributed by atoms with Crippen LogP contribution in [0.25, 0.3) is 0 Å². The van der Waals surface area contributed by atoms with Gasteiger partial charge < -0.3 is 10.2 Å². The summed E-state index contributed by atoms with van der Waals surface area (Å²) in [5, 5.41) is 2.72. The Morgan fingerprint density at radius 1 is 1.07 bits per heavy atom. The second kappa shape index (κ2) is 8.16. The minimum Gasteiger partial charge on any atom is -0.326 e. The fraction of sp³-hybridized carbons (Fsp3) is 0.333. The first-order valence-electron chi connectivity index (χ1n) is 9.45. The normalized spacial score (nSPS) is 17.3. The van der Waals surface area contributed by atoms with Gasteiger partial charge in [0.05, 0.1) is 10.8 Å². The molecule has 0 spiro atoms. The lowest BCUT2D eigenvalue weighted by Gasteiger charge is -2.20. The van der Waals surface area contributed by atoms with E-state index in [0.717, 1.165) is 0 Å². The van der Waals surface area contributed by atoms with Crippen molar-refractivity contribution in [2.24, 2.45) is 5.92 Å². The number of benzene rings is 2. The molecule has 1 fully saturated rings. The quantitative estimate of drug-likeness (QED) is 0.758. The van der Waals surface area contributed by atoms with Crippen molar-refractivity contribution in [3.63, 3.8) is 0 Å². The van der Waals surface area contributed by atoms with Crippen LogP contribution in [0.5, 0.6) is 0 Å². The molecule has 0 aliphatic carbocycles. The largest absolute Gasteiger partial charge is 0.326 e. The minimum absolute atomic E-state index is 0.0468. The Hall–Kier alpha value is -2.78. The lowest BCUT2D eigenvalue weighted by Crippen LogP contribution is -2.40. The summed E-state index contributed by atoms with van der Waals surface area (Å²) in [4.78, 5) is 26.4. The summed E-state index contributed by atoms with van der Waals surface area (Å²) < 4.78 is 40.4. The van der Waals surface area contributed by atoms with Crippen molar-refractivity contribution < 1.29 is 22.4 Å². The number of rotatable bonds is 5. The molecule has 1 saturated heterocycles. The van der Waals surface area contributed by atoms with Gasteiger partial charge in [0.2, 0.25) is 21.8 Å². The molecule has 2 amide bonds. The highest BCUT2D eigenvalue weighted by Crippen LogP contribution is 2.26. The number of sulfonamides is 1. The van der Waals surface area contributed by atoms with Gasteiger partial charge in [-0.2, -0.15) is 0 Å². The average molecular weight is 434 g/mol. The Balaban J connectivity index is 1.65. The third-order valence-corrected chi connectivity index (χ3v) is 6.28. The van der Waals surface area contributed by atoms with Crippen molar-refractivity contribution in [1.82, 2.24) is 4.72 Å². The van der Waals surface area contributed by atoms with Gasteiger partial charge in [-0.05, 0) is 69.3 Å². The van der Waals surface area contributed by atoms with Crippen molar-refractivity contribution >= 4 is 33.2 Å². The third kappa shape index (κ3) is 5.22. The highest BCUT2D eigenvalue weighted by Gasteiger charge is 2.35. The molecule has 1 aliphatic rings. The van der Waals surface area contributed by atoms with Crippen LogP contribution in [0.3, 0.4) is 0 Å². The zero-order chi connectivity index (χ0) is 22.1. The number of halogens is 1. The van der Waals surface area contributed by atoms with E-state index in [1.54, 1.807) is 20.8 Å². The van der Waals surface area contributed by atoms with Crippen LogP contribution in [-0.2, 0) is 19.6 Å². The first-order chi connectivity index (χ1) is 13.9. The summed E-state index contributed by atoms with van der Waals surface area (Å²) in [6.45, 7) is 5.43. The van der Waals surface area contributed by atoms with E-state index in [-0.39, 0.29) is 29.7 Å². The van der Waals surface area contributed by atoms with Gasteiger partial charge in [-0.1, -0.05) is 0 Å². The lowest BCUT2D eigenvalue weighted by molar-refractivity contribution is -0.122. The van der Waals surface area contributed by atoms with Crippen molar-refractivity contribution in [3.05, 3.63) is 54.3 Å². The fourth-order valence-electron chi connectivity index (χ4n) is 3.18. The number of carbonyl (C=O) groups excluding carboxylic acids is 2. The van der Waals surface area contributed by atoms with Crippen molar-refractivity contribution in [1.29, 1.82) is 0 Å². The molecule has 0 saturated carbocycles. The molecule has 7 nitrogen and oxygen atoms in total. The summed E-state index contributed by atoms with van der Waals surface area (Å²) >= 11 is 0. The summed E-state index contributed by atoms with van der Waals surface area (Å²) in [5.41, 5.74) is 0.358. The zero-order valence-electron chi connectivity index (χ0n) is 17.0. The molecule has 3 rings (SSSR count). The maximum absolute atomic E-state index is 13.1. The van der Waals surface area contributed by atoms with Crippen LogP contribution in [0.4, 0.5) is 15.8 Å². The van der Waals surface area contributed by atoms with Crippen LogP contribution in [0.15, 0.2) is 53.4 Å². The first kappa shape index (κ1) is 21.9. The second-order valence-corrected chi connectivity index (χ2v) is 9.93. The number of hydrogen-bond donors (Lipinski definition) is 2. The van der Waals surface area contributed by atoms with Gasteiger partial charge in [0.25, 0.3) is 0 Å².